The van der Waals surface area contributed by atoms with Crippen molar-refractivity contribution in [3.63, 3.8) is 0 Å². The summed E-state index contributed by atoms with van der Waals surface area (Å²) in [7, 11) is 0. The molecule has 6 nitrogen and oxygen atoms in total. The van der Waals surface area contributed by atoms with Gasteiger partial charge >= 0.3 is 0 Å². The molecule has 0 bridgehead atoms. The lowest BCUT2D eigenvalue weighted by molar-refractivity contribution is -0.116. The number of benzene rings is 1. The topological polar surface area (TPSA) is 65.5 Å². The average molecular weight is 368 g/mol. The molecule has 0 atom stereocenters. The number of carbonyl (C=O) groups excluding carboxylic acids is 2. The van der Waals surface area contributed by atoms with Gasteiger partial charge in [-0.05, 0) is 35.9 Å². The molecule has 1 N–H and O–H groups in total. The molecule has 2 amide bonds. The zero-order valence-corrected chi connectivity index (χ0v) is 14.9. The molecule has 1 aromatic heterocycles. The van der Waals surface area contributed by atoms with Gasteiger partial charge in [-0.15, -0.1) is 0 Å². The van der Waals surface area contributed by atoms with Crippen molar-refractivity contribution in [2.75, 3.05) is 31.1 Å². The van der Waals surface area contributed by atoms with E-state index in [1.165, 1.54) is 12.1 Å². The monoisotopic (exact) mass is 368 g/mol. The third-order valence-electron chi connectivity index (χ3n) is 4.46. The molecule has 1 aliphatic heterocycles. The first-order valence-corrected chi connectivity index (χ1v) is 8.72. The first-order valence-electron chi connectivity index (χ1n) is 8.72. The normalized spacial score (nSPS) is 14.0. The van der Waals surface area contributed by atoms with Gasteiger partial charge in [0.2, 0.25) is 5.91 Å². The number of aromatic nitrogens is 1. The van der Waals surface area contributed by atoms with Gasteiger partial charge in [-0.3, -0.25) is 9.59 Å². The Morgan fingerprint density at radius 2 is 1.85 bits per heavy atom. The lowest BCUT2D eigenvalue weighted by Gasteiger charge is -2.35. The zero-order valence-electron chi connectivity index (χ0n) is 14.9. The third-order valence-corrected chi connectivity index (χ3v) is 4.46. The summed E-state index contributed by atoms with van der Waals surface area (Å²) in [4.78, 5) is 31.6. The maximum absolute atomic E-state index is 13.9. The van der Waals surface area contributed by atoms with Crippen LogP contribution in [0.15, 0.2) is 55.3 Å². The van der Waals surface area contributed by atoms with E-state index in [1.54, 1.807) is 29.3 Å². The van der Waals surface area contributed by atoms with Crippen LogP contribution in [0.25, 0.3) is 0 Å². The second-order valence-electron chi connectivity index (χ2n) is 6.21. The summed E-state index contributed by atoms with van der Waals surface area (Å²) in [6, 6.07) is 10.1. The molecule has 2 aromatic rings. The predicted molar refractivity (Wildman–Crippen MR) is 101 cm³/mol. The first kappa shape index (κ1) is 18.6. The highest BCUT2D eigenvalue weighted by Gasteiger charge is 2.24. The van der Waals surface area contributed by atoms with Crippen LogP contribution in [-0.4, -0.2) is 47.9 Å². The highest BCUT2D eigenvalue weighted by Crippen LogP contribution is 2.18. The number of hydrogen-bond acceptors (Lipinski definition) is 4. The molecule has 0 unspecified atom stereocenters. The predicted octanol–water partition coefficient (Wildman–Crippen LogP) is 1.99. The van der Waals surface area contributed by atoms with E-state index in [0.717, 1.165) is 5.56 Å². The van der Waals surface area contributed by atoms with Gasteiger partial charge in [-0.1, -0.05) is 18.7 Å². The summed E-state index contributed by atoms with van der Waals surface area (Å²) in [5, 5.41) is 2.69. The number of rotatable bonds is 5. The van der Waals surface area contributed by atoms with Gasteiger partial charge in [0, 0.05) is 44.5 Å². The molecule has 0 aliphatic carbocycles. The van der Waals surface area contributed by atoms with Crippen LogP contribution in [-0.2, 0) is 11.3 Å². The van der Waals surface area contributed by atoms with E-state index in [1.807, 2.05) is 17.0 Å². The fraction of sp³-hybridized carbons (Fsp3) is 0.250. The average Bonchev–Trinajstić information content (AvgIpc) is 2.72. The SMILES string of the molecule is C=CC(=O)NCc1ccc(C(=O)N2CCN(c3ncccc3F)CC2)cc1. The summed E-state index contributed by atoms with van der Waals surface area (Å²) in [6.45, 7) is 5.86. The second kappa shape index (κ2) is 8.44. The van der Waals surface area contributed by atoms with Crippen molar-refractivity contribution >= 4 is 17.6 Å². The van der Waals surface area contributed by atoms with Crippen LogP contribution in [0.1, 0.15) is 15.9 Å². The van der Waals surface area contributed by atoms with Gasteiger partial charge in [-0.2, -0.15) is 0 Å². The van der Waals surface area contributed by atoms with Crippen LogP contribution in [0.4, 0.5) is 10.2 Å². The molecule has 1 aromatic carbocycles. The van der Waals surface area contributed by atoms with Gasteiger partial charge in [0.1, 0.15) is 0 Å². The van der Waals surface area contributed by atoms with Gasteiger partial charge in [0.05, 0.1) is 0 Å². The summed E-state index contributed by atoms with van der Waals surface area (Å²) in [5.41, 5.74) is 1.49. The van der Waals surface area contributed by atoms with Crippen LogP contribution in [0.3, 0.4) is 0 Å². The molecule has 1 saturated heterocycles. The molecule has 140 valence electrons. The van der Waals surface area contributed by atoms with Gasteiger partial charge in [0.15, 0.2) is 11.6 Å². The van der Waals surface area contributed by atoms with Crippen molar-refractivity contribution < 1.29 is 14.0 Å². The molecule has 7 heteroatoms. The van der Waals surface area contributed by atoms with Crippen molar-refractivity contribution in [2.45, 2.75) is 6.54 Å². The van der Waals surface area contributed by atoms with E-state index in [2.05, 4.69) is 16.9 Å². The Kier molecular flexibility index (Phi) is 5.80. The van der Waals surface area contributed by atoms with Crippen LogP contribution in [0.5, 0.6) is 0 Å². The lowest BCUT2D eigenvalue weighted by Crippen LogP contribution is -2.49. The number of carbonyl (C=O) groups is 2. The molecule has 0 radical (unpaired) electrons. The molecule has 2 heterocycles. The Bertz CT molecular complexity index is 830. The Morgan fingerprint density at radius 1 is 1.15 bits per heavy atom. The quantitative estimate of drug-likeness (QED) is 0.820. The molecule has 0 saturated carbocycles. The number of nitrogens with zero attached hydrogens (tertiary/aromatic N) is 3. The Balaban J connectivity index is 1.57. The standard InChI is InChI=1S/C20H21FN4O2/c1-2-18(26)23-14-15-5-7-16(8-6-15)20(27)25-12-10-24(11-13-25)19-17(21)4-3-9-22-19/h2-9H,1,10-14H2,(H,23,26). The van der Waals surface area contributed by atoms with Crippen molar-refractivity contribution in [3.8, 4) is 0 Å². The number of piperazine rings is 1. The minimum absolute atomic E-state index is 0.0576. The Morgan fingerprint density at radius 3 is 2.48 bits per heavy atom. The van der Waals surface area contributed by atoms with Crippen LogP contribution >= 0.6 is 0 Å². The van der Waals surface area contributed by atoms with E-state index in [-0.39, 0.29) is 17.6 Å². The minimum atomic E-state index is -0.351. The smallest absolute Gasteiger partial charge is 0.253 e. The maximum Gasteiger partial charge on any atom is 0.253 e. The number of hydrogen-bond donors (Lipinski definition) is 1. The molecular formula is C20H21FN4O2. The van der Waals surface area contributed by atoms with E-state index >= 15 is 0 Å². The van der Waals surface area contributed by atoms with E-state index in [0.29, 0.717) is 44.1 Å². The second-order valence-corrected chi connectivity index (χ2v) is 6.21. The first-order chi connectivity index (χ1) is 13.1. The van der Waals surface area contributed by atoms with Crippen LogP contribution in [0, 0.1) is 5.82 Å². The van der Waals surface area contributed by atoms with Crippen molar-refractivity contribution in [1.82, 2.24) is 15.2 Å². The molecular weight excluding hydrogens is 347 g/mol. The van der Waals surface area contributed by atoms with Gasteiger partial charge in [-0.25, -0.2) is 9.37 Å². The summed E-state index contributed by atoms with van der Waals surface area (Å²) in [6.07, 6.45) is 2.78. The number of amides is 2. The third kappa shape index (κ3) is 4.49. The maximum atomic E-state index is 13.9. The summed E-state index contributed by atoms with van der Waals surface area (Å²) >= 11 is 0. The summed E-state index contributed by atoms with van der Waals surface area (Å²) in [5.74, 6) is -0.317. The van der Waals surface area contributed by atoms with Crippen molar-refractivity contribution in [3.05, 3.63) is 72.2 Å². The zero-order chi connectivity index (χ0) is 19.2. The van der Waals surface area contributed by atoms with Crippen molar-refractivity contribution in [1.29, 1.82) is 0 Å². The Hall–Kier alpha value is -3.22. The largest absolute Gasteiger partial charge is 0.351 e. The van der Waals surface area contributed by atoms with E-state index < -0.39 is 0 Å². The fourth-order valence-electron chi connectivity index (χ4n) is 2.94. The highest BCUT2D eigenvalue weighted by atomic mass is 19.1. The van der Waals surface area contributed by atoms with E-state index in [4.69, 9.17) is 0 Å². The van der Waals surface area contributed by atoms with E-state index in [9.17, 15) is 14.0 Å². The number of pyridine rings is 1. The Labute approximate surface area is 157 Å². The number of halogens is 1. The molecule has 0 spiro atoms. The van der Waals surface area contributed by atoms with Gasteiger partial charge in [0.25, 0.3) is 5.91 Å². The molecule has 27 heavy (non-hydrogen) atoms. The fourth-order valence-corrected chi connectivity index (χ4v) is 2.94. The van der Waals surface area contributed by atoms with Crippen LogP contribution in [0.2, 0.25) is 0 Å². The molecule has 1 aliphatic rings. The van der Waals surface area contributed by atoms with Gasteiger partial charge < -0.3 is 15.1 Å². The highest BCUT2D eigenvalue weighted by molar-refractivity contribution is 5.94. The molecule has 1 fully saturated rings. The van der Waals surface area contributed by atoms with Crippen molar-refractivity contribution in [2.24, 2.45) is 0 Å². The molecule has 3 rings (SSSR count). The van der Waals surface area contributed by atoms with Crippen LogP contribution < -0.4 is 10.2 Å². The summed E-state index contributed by atoms with van der Waals surface area (Å²) < 4.78 is 13.9. The minimum Gasteiger partial charge on any atom is -0.351 e. The number of anilines is 1. The number of nitrogens with one attached hydrogen (secondary N) is 1. The lowest BCUT2D eigenvalue weighted by atomic mass is 10.1.